The van der Waals surface area contributed by atoms with E-state index in [0.29, 0.717) is 24.5 Å². The molecule has 1 aliphatic rings. The van der Waals surface area contributed by atoms with Gasteiger partial charge in [0.1, 0.15) is 11.8 Å². The predicted molar refractivity (Wildman–Crippen MR) is 148 cm³/mol. The van der Waals surface area contributed by atoms with Crippen LogP contribution >= 0.6 is 11.3 Å². The SMILES string of the molecule is CCc1ccc2[nH]c(=O)c([C@H](c3nnnn3C3CCCCC3)N(Cc3ccco3)Cc3cccs3)cc2c1. The number of aromatic nitrogens is 5. The smallest absolute Gasteiger partial charge is 0.253 e. The van der Waals surface area contributed by atoms with Crippen molar-refractivity contribution in [2.24, 2.45) is 0 Å². The summed E-state index contributed by atoms with van der Waals surface area (Å²) in [6.45, 7) is 3.29. The monoisotopic (exact) mass is 528 g/mol. The number of hydrogen-bond donors (Lipinski definition) is 1. The number of benzene rings is 1. The van der Waals surface area contributed by atoms with Crippen molar-refractivity contribution in [1.82, 2.24) is 30.1 Å². The number of fused-ring (bicyclic) bond motifs is 1. The van der Waals surface area contributed by atoms with Gasteiger partial charge in [0.25, 0.3) is 5.56 Å². The molecule has 8 nitrogen and oxygen atoms in total. The minimum Gasteiger partial charge on any atom is -0.468 e. The molecule has 0 bridgehead atoms. The molecular weight excluding hydrogens is 496 g/mol. The molecule has 4 aromatic heterocycles. The van der Waals surface area contributed by atoms with Crippen LogP contribution in [0.25, 0.3) is 10.9 Å². The van der Waals surface area contributed by atoms with E-state index in [1.165, 1.54) is 16.9 Å². The van der Waals surface area contributed by atoms with Crippen LogP contribution in [-0.4, -0.2) is 30.1 Å². The number of tetrazole rings is 1. The fourth-order valence-electron chi connectivity index (χ4n) is 5.61. The summed E-state index contributed by atoms with van der Waals surface area (Å²) < 4.78 is 7.77. The van der Waals surface area contributed by atoms with Crippen LogP contribution in [0.2, 0.25) is 0 Å². The molecule has 1 aliphatic carbocycles. The third-order valence-electron chi connectivity index (χ3n) is 7.57. The van der Waals surface area contributed by atoms with Crippen molar-refractivity contribution < 1.29 is 4.42 Å². The van der Waals surface area contributed by atoms with Gasteiger partial charge in [-0.3, -0.25) is 9.69 Å². The number of thiophene rings is 1. The lowest BCUT2D eigenvalue weighted by Gasteiger charge is -2.31. The summed E-state index contributed by atoms with van der Waals surface area (Å²) in [6, 6.07) is 16.1. The van der Waals surface area contributed by atoms with E-state index in [-0.39, 0.29) is 11.6 Å². The summed E-state index contributed by atoms with van der Waals surface area (Å²) in [5, 5.41) is 16.3. The Hall–Kier alpha value is -3.56. The highest BCUT2D eigenvalue weighted by Crippen LogP contribution is 2.35. The van der Waals surface area contributed by atoms with E-state index in [1.807, 2.05) is 28.9 Å². The zero-order valence-electron chi connectivity index (χ0n) is 21.5. The van der Waals surface area contributed by atoms with Crippen molar-refractivity contribution in [2.75, 3.05) is 0 Å². The molecular formula is C29H32N6O2S. The maximum Gasteiger partial charge on any atom is 0.253 e. The lowest BCUT2D eigenvalue weighted by molar-refractivity contribution is 0.175. The molecule has 1 saturated carbocycles. The number of nitrogens with one attached hydrogen (secondary N) is 1. The summed E-state index contributed by atoms with van der Waals surface area (Å²) in [6.07, 6.45) is 8.27. The van der Waals surface area contributed by atoms with Crippen LogP contribution in [0.5, 0.6) is 0 Å². The van der Waals surface area contributed by atoms with Crippen molar-refractivity contribution in [3.63, 3.8) is 0 Å². The third-order valence-corrected chi connectivity index (χ3v) is 8.43. The second-order valence-electron chi connectivity index (χ2n) is 10.1. The molecule has 0 amide bonds. The Balaban J connectivity index is 1.52. The topological polar surface area (TPSA) is 92.8 Å². The molecule has 0 unspecified atom stereocenters. The van der Waals surface area contributed by atoms with E-state index >= 15 is 0 Å². The Morgan fingerprint density at radius 1 is 1.13 bits per heavy atom. The maximum atomic E-state index is 13.7. The largest absolute Gasteiger partial charge is 0.468 e. The Bertz CT molecular complexity index is 1500. The first kappa shape index (κ1) is 24.8. The molecule has 1 fully saturated rings. The van der Waals surface area contributed by atoms with Gasteiger partial charge in [-0.2, -0.15) is 0 Å². The first-order valence-electron chi connectivity index (χ1n) is 13.4. The number of furan rings is 1. The van der Waals surface area contributed by atoms with E-state index in [4.69, 9.17) is 4.42 Å². The van der Waals surface area contributed by atoms with Crippen LogP contribution in [-0.2, 0) is 19.5 Å². The molecule has 38 heavy (non-hydrogen) atoms. The number of hydrogen-bond acceptors (Lipinski definition) is 7. The van der Waals surface area contributed by atoms with E-state index < -0.39 is 6.04 Å². The molecule has 0 spiro atoms. The minimum absolute atomic E-state index is 0.124. The molecule has 1 atom stereocenters. The highest BCUT2D eigenvalue weighted by atomic mass is 32.1. The number of aryl methyl sites for hydroxylation is 1. The van der Waals surface area contributed by atoms with Crippen LogP contribution < -0.4 is 5.56 Å². The molecule has 5 aromatic rings. The molecule has 1 N–H and O–H groups in total. The molecule has 0 radical (unpaired) electrons. The Kier molecular flexibility index (Phi) is 7.20. The maximum absolute atomic E-state index is 13.7. The zero-order valence-corrected chi connectivity index (χ0v) is 22.4. The van der Waals surface area contributed by atoms with Gasteiger partial charge in [-0.25, -0.2) is 4.68 Å². The van der Waals surface area contributed by atoms with Gasteiger partial charge >= 0.3 is 0 Å². The average Bonchev–Trinajstić information content (AvgIpc) is 3.73. The number of H-pyrrole nitrogens is 1. The van der Waals surface area contributed by atoms with Crippen molar-refractivity contribution in [3.8, 4) is 0 Å². The van der Waals surface area contributed by atoms with Crippen molar-refractivity contribution in [2.45, 2.75) is 70.6 Å². The van der Waals surface area contributed by atoms with Gasteiger partial charge in [0.2, 0.25) is 0 Å². The van der Waals surface area contributed by atoms with Gasteiger partial charge in [0.05, 0.1) is 18.8 Å². The number of rotatable bonds is 9. The standard InChI is InChI=1S/C29H32N6O2S/c1-2-20-12-13-26-21(16-20)17-25(29(36)30-26)27(28-31-32-33-35(28)22-8-4-3-5-9-22)34(18-23-10-6-14-37-23)19-24-11-7-15-38-24/h6-7,10-17,22,27H,2-5,8-9,18-19H2,1H3,(H,30,36)/t27-/m1/s1. The zero-order chi connectivity index (χ0) is 25.9. The minimum atomic E-state index is -0.461. The quantitative estimate of drug-likeness (QED) is 0.251. The number of nitrogens with zero attached hydrogens (tertiary/aromatic N) is 5. The first-order valence-corrected chi connectivity index (χ1v) is 14.3. The molecule has 9 heteroatoms. The summed E-state index contributed by atoms with van der Waals surface area (Å²) in [7, 11) is 0. The Morgan fingerprint density at radius 2 is 2.03 bits per heavy atom. The molecule has 0 aliphatic heterocycles. The van der Waals surface area contributed by atoms with E-state index in [0.717, 1.165) is 48.8 Å². The van der Waals surface area contributed by atoms with Crippen molar-refractivity contribution in [1.29, 1.82) is 0 Å². The van der Waals surface area contributed by atoms with E-state index in [9.17, 15) is 4.79 Å². The summed E-state index contributed by atoms with van der Waals surface area (Å²) in [5.74, 6) is 1.53. The van der Waals surface area contributed by atoms with E-state index in [1.54, 1.807) is 17.6 Å². The lowest BCUT2D eigenvalue weighted by atomic mass is 9.95. The molecule has 0 saturated heterocycles. The first-order chi connectivity index (χ1) is 18.7. The second kappa shape index (κ2) is 11.0. The summed E-state index contributed by atoms with van der Waals surface area (Å²) >= 11 is 1.70. The Labute approximate surface area is 225 Å². The summed E-state index contributed by atoms with van der Waals surface area (Å²) in [4.78, 5) is 20.3. The average molecular weight is 529 g/mol. The van der Waals surface area contributed by atoms with Crippen molar-refractivity contribution >= 4 is 22.2 Å². The highest BCUT2D eigenvalue weighted by molar-refractivity contribution is 7.09. The number of pyridine rings is 1. The predicted octanol–water partition coefficient (Wildman–Crippen LogP) is 6.03. The van der Waals surface area contributed by atoms with Crippen LogP contribution in [0.4, 0.5) is 0 Å². The molecule has 196 valence electrons. The number of aromatic amines is 1. The van der Waals surface area contributed by atoms with Crippen LogP contribution in [0.15, 0.2) is 69.4 Å². The third kappa shape index (κ3) is 5.08. The van der Waals surface area contributed by atoms with Gasteiger partial charge < -0.3 is 9.40 Å². The van der Waals surface area contributed by atoms with Crippen LogP contribution in [0, 0.1) is 0 Å². The second-order valence-corrected chi connectivity index (χ2v) is 11.1. The van der Waals surface area contributed by atoms with Crippen LogP contribution in [0.3, 0.4) is 0 Å². The van der Waals surface area contributed by atoms with Crippen LogP contribution in [0.1, 0.15) is 78.7 Å². The van der Waals surface area contributed by atoms with Gasteiger partial charge in [-0.05, 0) is 82.4 Å². The normalized spacial score (nSPS) is 15.4. The van der Waals surface area contributed by atoms with Crippen molar-refractivity contribution in [3.05, 3.63) is 98.1 Å². The molecule has 1 aromatic carbocycles. The van der Waals surface area contributed by atoms with Gasteiger partial charge in [-0.15, -0.1) is 16.4 Å². The molecule has 4 heterocycles. The fraction of sp³-hybridized carbons (Fsp3) is 0.379. The van der Waals surface area contributed by atoms with Gasteiger partial charge in [-0.1, -0.05) is 38.3 Å². The van der Waals surface area contributed by atoms with E-state index in [2.05, 4.69) is 62.0 Å². The molecule has 6 rings (SSSR count). The van der Waals surface area contributed by atoms with Gasteiger partial charge in [0.15, 0.2) is 5.82 Å². The summed E-state index contributed by atoms with van der Waals surface area (Å²) in [5.41, 5.74) is 2.57. The van der Waals surface area contributed by atoms with Gasteiger partial charge in [0, 0.05) is 22.5 Å². The highest BCUT2D eigenvalue weighted by Gasteiger charge is 2.33. The Morgan fingerprint density at radius 3 is 2.79 bits per heavy atom. The fourth-order valence-corrected chi connectivity index (χ4v) is 6.33. The lowest BCUT2D eigenvalue weighted by Crippen LogP contribution is -2.35.